The molecule has 1 aliphatic rings. The van der Waals surface area contributed by atoms with Gasteiger partial charge in [0, 0.05) is 18.8 Å². The minimum atomic E-state index is -0.329. The molecule has 0 aromatic carbocycles. The molecular formula is C15H25N5S. The maximum atomic E-state index is 9.65. The van der Waals surface area contributed by atoms with Gasteiger partial charge in [0.2, 0.25) is 0 Å². The highest BCUT2D eigenvalue weighted by Crippen LogP contribution is 2.39. The number of aromatic nitrogens is 3. The van der Waals surface area contributed by atoms with E-state index in [0.29, 0.717) is 12.0 Å². The minimum absolute atomic E-state index is 0.329. The van der Waals surface area contributed by atoms with Crippen LogP contribution in [0.1, 0.15) is 45.4 Å². The highest BCUT2D eigenvalue weighted by molar-refractivity contribution is 7.99. The molecule has 1 heterocycles. The molecule has 0 saturated heterocycles. The first-order chi connectivity index (χ1) is 9.98. The largest absolute Gasteiger partial charge is 0.309 e. The van der Waals surface area contributed by atoms with Crippen LogP contribution in [0.4, 0.5) is 0 Å². The van der Waals surface area contributed by atoms with Crippen LogP contribution in [0.3, 0.4) is 0 Å². The molecule has 1 aromatic heterocycles. The Morgan fingerprint density at radius 3 is 2.86 bits per heavy atom. The third-order valence-electron chi connectivity index (χ3n) is 4.32. The number of hydrogen-bond donors (Lipinski definition) is 1. The monoisotopic (exact) mass is 307 g/mol. The molecule has 1 aromatic rings. The van der Waals surface area contributed by atoms with E-state index in [1.807, 2.05) is 18.5 Å². The van der Waals surface area contributed by atoms with Gasteiger partial charge < -0.3 is 4.57 Å². The van der Waals surface area contributed by atoms with Crippen molar-refractivity contribution in [2.75, 3.05) is 5.75 Å². The van der Waals surface area contributed by atoms with E-state index >= 15 is 0 Å². The zero-order chi connectivity index (χ0) is 15.5. The summed E-state index contributed by atoms with van der Waals surface area (Å²) in [6, 6.07) is 2.92. The molecule has 0 radical (unpaired) electrons. The fourth-order valence-corrected chi connectivity index (χ4v) is 4.17. The van der Waals surface area contributed by atoms with Crippen molar-refractivity contribution in [2.24, 2.45) is 13.0 Å². The third-order valence-corrected chi connectivity index (χ3v) is 5.37. The summed E-state index contributed by atoms with van der Waals surface area (Å²) in [5.41, 5.74) is -0.329. The van der Waals surface area contributed by atoms with Crippen LogP contribution in [0.15, 0.2) is 5.16 Å². The second-order valence-electron chi connectivity index (χ2n) is 6.20. The smallest absolute Gasteiger partial charge is 0.190 e. The number of hydrogen-bond acceptors (Lipinski definition) is 5. The highest BCUT2D eigenvalue weighted by Gasteiger charge is 2.42. The third kappa shape index (κ3) is 3.58. The van der Waals surface area contributed by atoms with E-state index in [9.17, 15) is 5.26 Å². The van der Waals surface area contributed by atoms with Gasteiger partial charge in [0.15, 0.2) is 5.16 Å². The maximum Gasteiger partial charge on any atom is 0.190 e. The van der Waals surface area contributed by atoms with Crippen LogP contribution in [0.5, 0.6) is 0 Å². The summed E-state index contributed by atoms with van der Waals surface area (Å²) in [5.74, 6) is 2.36. The van der Waals surface area contributed by atoms with Crippen molar-refractivity contribution in [3.8, 4) is 6.07 Å². The lowest BCUT2D eigenvalue weighted by atomic mass is 9.86. The van der Waals surface area contributed by atoms with Crippen LogP contribution in [0, 0.1) is 24.2 Å². The average molecular weight is 307 g/mol. The van der Waals surface area contributed by atoms with Crippen LogP contribution in [-0.2, 0) is 7.05 Å². The predicted octanol–water partition coefficient (Wildman–Crippen LogP) is 2.67. The molecule has 2 atom stereocenters. The quantitative estimate of drug-likeness (QED) is 0.818. The van der Waals surface area contributed by atoms with E-state index < -0.39 is 0 Å². The Bertz CT molecular complexity index is 519. The second-order valence-corrected chi connectivity index (χ2v) is 7.26. The fourth-order valence-electron chi connectivity index (χ4n) is 3.16. The lowest BCUT2D eigenvalue weighted by Crippen LogP contribution is -2.50. The van der Waals surface area contributed by atoms with Gasteiger partial charge in [-0.3, -0.25) is 5.32 Å². The predicted molar refractivity (Wildman–Crippen MR) is 85.0 cm³/mol. The molecule has 2 unspecified atom stereocenters. The Morgan fingerprint density at radius 2 is 2.29 bits per heavy atom. The molecule has 0 spiro atoms. The van der Waals surface area contributed by atoms with Gasteiger partial charge in [-0.15, -0.1) is 10.2 Å². The van der Waals surface area contributed by atoms with Crippen molar-refractivity contribution in [1.82, 2.24) is 20.1 Å². The van der Waals surface area contributed by atoms with Crippen LogP contribution in [0.25, 0.3) is 0 Å². The number of nitriles is 1. The van der Waals surface area contributed by atoms with Crippen LogP contribution in [0.2, 0.25) is 0 Å². The van der Waals surface area contributed by atoms with Crippen LogP contribution >= 0.6 is 11.8 Å². The fraction of sp³-hybridized carbons (Fsp3) is 0.800. The number of nitrogens with zero attached hydrogens (tertiary/aromatic N) is 4. The van der Waals surface area contributed by atoms with Gasteiger partial charge in [0.1, 0.15) is 11.4 Å². The van der Waals surface area contributed by atoms with Gasteiger partial charge in [0.05, 0.1) is 6.07 Å². The number of aryl methyl sites for hydroxylation is 1. The standard InChI is InChI=1S/C15H25N5S/c1-11(2)17-15(10-16)8-5-6-13(15)7-9-21-14-19-18-12(3)20(14)4/h11,13,17H,5-9H2,1-4H3. The summed E-state index contributed by atoms with van der Waals surface area (Å²) in [6.07, 6.45) is 4.31. The van der Waals surface area contributed by atoms with E-state index in [1.165, 1.54) is 0 Å². The van der Waals surface area contributed by atoms with E-state index in [-0.39, 0.29) is 5.54 Å². The number of thioether (sulfide) groups is 1. The van der Waals surface area contributed by atoms with E-state index in [0.717, 1.165) is 42.4 Å². The lowest BCUT2D eigenvalue weighted by molar-refractivity contribution is 0.289. The molecule has 0 amide bonds. The van der Waals surface area contributed by atoms with Crippen molar-refractivity contribution in [1.29, 1.82) is 5.26 Å². The molecule has 2 rings (SSSR count). The molecule has 5 nitrogen and oxygen atoms in total. The Kier molecular flexibility index (Phi) is 5.28. The van der Waals surface area contributed by atoms with Crippen LogP contribution < -0.4 is 5.32 Å². The van der Waals surface area contributed by atoms with Crippen molar-refractivity contribution in [3.63, 3.8) is 0 Å². The summed E-state index contributed by atoms with van der Waals surface area (Å²) >= 11 is 1.74. The molecule has 0 bridgehead atoms. The number of nitrogens with one attached hydrogen (secondary N) is 1. The van der Waals surface area contributed by atoms with Crippen molar-refractivity contribution in [2.45, 2.75) is 63.2 Å². The SMILES string of the molecule is Cc1nnc(SCCC2CCCC2(C#N)NC(C)C)n1C. The topological polar surface area (TPSA) is 66.5 Å². The van der Waals surface area contributed by atoms with Crippen molar-refractivity contribution in [3.05, 3.63) is 5.82 Å². The molecule has 1 fully saturated rings. The minimum Gasteiger partial charge on any atom is -0.309 e. The molecule has 1 saturated carbocycles. The first-order valence-electron chi connectivity index (χ1n) is 7.66. The summed E-state index contributed by atoms with van der Waals surface area (Å²) in [4.78, 5) is 0. The first-order valence-corrected chi connectivity index (χ1v) is 8.65. The first kappa shape index (κ1) is 16.3. The molecule has 1 aliphatic carbocycles. The van der Waals surface area contributed by atoms with Gasteiger partial charge in [-0.05, 0) is 46.0 Å². The van der Waals surface area contributed by atoms with Crippen molar-refractivity contribution < 1.29 is 0 Å². The highest BCUT2D eigenvalue weighted by atomic mass is 32.2. The summed E-state index contributed by atoms with van der Waals surface area (Å²) in [6.45, 7) is 6.19. The van der Waals surface area contributed by atoms with Gasteiger partial charge in [0.25, 0.3) is 0 Å². The molecule has 21 heavy (non-hydrogen) atoms. The van der Waals surface area contributed by atoms with Gasteiger partial charge in [-0.2, -0.15) is 5.26 Å². The number of rotatable bonds is 6. The Morgan fingerprint density at radius 1 is 1.52 bits per heavy atom. The summed E-state index contributed by atoms with van der Waals surface area (Å²) in [5, 5.41) is 22.4. The molecular weight excluding hydrogens is 282 g/mol. The van der Waals surface area contributed by atoms with Gasteiger partial charge in [-0.25, -0.2) is 0 Å². The second kappa shape index (κ2) is 6.80. The van der Waals surface area contributed by atoms with Gasteiger partial charge in [-0.1, -0.05) is 18.2 Å². The van der Waals surface area contributed by atoms with E-state index in [2.05, 4.69) is 35.4 Å². The van der Waals surface area contributed by atoms with E-state index in [1.54, 1.807) is 11.8 Å². The van der Waals surface area contributed by atoms with Crippen LogP contribution in [-0.4, -0.2) is 32.1 Å². The van der Waals surface area contributed by atoms with Crippen molar-refractivity contribution >= 4 is 11.8 Å². The Hall–Kier alpha value is -1.06. The normalized spacial score (nSPS) is 25.4. The molecule has 0 aliphatic heterocycles. The Labute approximate surface area is 131 Å². The van der Waals surface area contributed by atoms with Gasteiger partial charge >= 0.3 is 0 Å². The summed E-state index contributed by atoms with van der Waals surface area (Å²) < 4.78 is 2.02. The Balaban J connectivity index is 1.93. The zero-order valence-corrected chi connectivity index (χ0v) is 14.2. The zero-order valence-electron chi connectivity index (χ0n) is 13.4. The average Bonchev–Trinajstić information content (AvgIpc) is 2.97. The molecule has 1 N–H and O–H groups in total. The molecule has 6 heteroatoms. The van der Waals surface area contributed by atoms with E-state index in [4.69, 9.17) is 0 Å². The summed E-state index contributed by atoms with van der Waals surface area (Å²) in [7, 11) is 1.99. The lowest BCUT2D eigenvalue weighted by Gasteiger charge is -2.32. The molecule has 116 valence electrons. The maximum absolute atomic E-state index is 9.65.